The highest BCUT2D eigenvalue weighted by Gasteiger charge is 2.24. The normalized spacial score (nSPS) is 23.8. The first-order chi connectivity index (χ1) is 14.7. The zero-order chi connectivity index (χ0) is 23.1. The van der Waals surface area contributed by atoms with Crippen molar-refractivity contribution in [1.29, 1.82) is 0 Å². The molecular formula is C21H34N4O5S. The number of aliphatic imine (C=N–C) groups is 1. The summed E-state index contributed by atoms with van der Waals surface area (Å²) in [6.45, 7) is 10.0. The largest absolute Gasteiger partial charge is 0.507 e. The number of hydrogen-bond donors (Lipinski definition) is 5. The van der Waals surface area contributed by atoms with Crippen LogP contribution in [0.15, 0.2) is 51.7 Å². The molecule has 2 aliphatic rings. The van der Waals surface area contributed by atoms with Gasteiger partial charge in [0, 0.05) is 38.0 Å². The fourth-order valence-electron chi connectivity index (χ4n) is 3.36. The van der Waals surface area contributed by atoms with Crippen molar-refractivity contribution in [3.05, 3.63) is 46.7 Å². The maximum Gasteiger partial charge on any atom is 0.224 e. The van der Waals surface area contributed by atoms with Crippen molar-refractivity contribution in [2.75, 3.05) is 33.1 Å². The molecule has 1 saturated heterocycles. The monoisotopic (exact) mass is 454 g/mol. The Balaban J connectivity index is 2.05. The van der Waals surface area contributed by atoms with Crippen LogP contribution < -0.4 is 10.6 Å². The number of nitrogens with zero attached hydrogens (tertiary/aromatic N) is 2. The molecule has 0 aromatic carbocycles. The minimum Gasteiger partial charge on any atom is -0.507 e. The van der Waals surface area contributed by atoms with Gasteiger partial charge in [0.15, 0.2) is 5.17 Å². The molecule has 0 bridgehead atoms. The Morgan fingerprint density at radius 3 is 2.55 bits per heavy atom. The number of methoxy groups -OCH3 is 2. The summed E-state index contributed by atoms with van der Waals surface area (Å²) in [5.74, 6) is 0.449. The third kappa shape index (κ3) is 6.59. The van der Waals surface area contributed by atoms with E-state index in [1.54, 1.807) is 0 Å². The topological polar surface area (TPSA) is 119 Å². The third-order valence-electron chi connectivity index (χ3n) is 4.98. The zero-order valence-electron chi connectivity index (χ0n) is 19.0. The lowest BCUT2D eigenvalue weighted by atomic mass is 10.0. The molecule has 2 rings (SSSR count). The second-order valence-corrected chi connectivity index (χ2v) is 8.67. The Hall–Kier alpha value is -2.30. The van der Waals surface area contributed by atoms with Crippen molar-refractivity contribution in [2.45, 2.75) is 45.9 Å². The van der Waals surface area contributed by atoms with Gasteiger partial charge < -0.3 is 35.4 Å². The number of aliphatic hydroxyl groups is 3. The highest BCUT2D eigenvalue weighted by molar-refractivity contribution is 8.14. The molecule has 1 aliphatic carbocycles. The van der Waals surface area contributed by atoms with Crippen LogP contribution in [0.2, 0.25) is 0 Å². The molecule has 5 N–H and O–H groups in total. The molecule has 1 unspecified atom stereocenters. The summed E-state index contributed by atoms with van der Waals surface area (Å²) < 4.78 is 10.4. The van der Waals surface area contributed by atoms with Gasteiger partial charge in [-0.15, -0.1) is 0 Å². The summed E-state index contributed by atoms with van der Waals surface area (Å²) in [6, 6.07) is 0.840. The molecule has 1 heterocycles. The SMILES string of the molecule is COC1=C/C(=C(O)/N=C2\N/C(=C(\O)NCCN(C(C)C)C(C)C)CS2)C(O)=CC1OC. The van der Waals surface area contributed by atoms with Crippen LogP contribution in [0.4, 0.5) is 0 Å². The van der Waals surface area contributed by atoms with Gasteiger partial charge in [-0.2, -0.15) is 4.99 Å². The molecule has 0 saturated carbocycles. The highest BCUT2D eigenvalue weighted by Crippen LogP contribution is 2.27. The van der Waals surface area contributed by atoms with E-state index in [1.807, 2.05) is 0 Å². The lowest BCUT2D eigenvalue weighted by molar-refractivity contribution is 0.106. The van der Waals surface area contributed by atoms with Crippen LogP contribution in [0.25, 0.3) is 0 Å². The van der Waals surface area contributed by atoms with Gasteiger partial charge in [0.1, 0.15) is 17.6 Å². The Labute approximate surface area is 188 Å². The standard InChI is InChI=1S/C21H34N4O5S/c1-12(2)25(13(3)4)8-7-22-20(28)15-11-31-21(23-15)24-19(27)14-9-17(29-5)18(30-6)10-16(14)26/h9-10,12-13,18,22,26-28H,7-8,11H2,1-6H3,(H,23,24)/b19-14+,20-15-. The third-order valence-corrected chi connectivity index (χ3v) is 5.88. The van der Waals surface area contributed by atoms with Crippen LogP contribution in [0.1, 0.15) is 27.7 Å². The molecule has 0 spiro atoms. The maximum absolute atomic E-state index is 10.4. The van der Waals surface area contributed by atoms with Crippen molar-refractivity contribution >= 4 is 16.9 Å². The van der Waals surface area contributed by atoms with Crippen LogP contribution >= 0.6 is 11.8 Å². The van der Waals surface area contributed by atoms with Crippen LogP contribution in [0.5, 0.6) is 0 Å². The molecule has 1 fully saturated rings. The van der Waals surface area contributed by atoms with Gasteiger partial charge in [-0.1, -0.05) is 11.8 Å². The van der Waals surface area contributed by atoms with Gasteiger partial charge in [-0.05, 0) is 39.8 Å². The first-order valence-corrected chi connectivity index (χ1v) is 11.2. The van der Waals surface area contributed by atoms with Crippen molar-refractivity contribution < 1.29 is 24.8 Å². The van der Waals surface area contributed by atoms with E-state index in [0.717, 1.165) is 6.54 Å². The number of amidine groups is 1. The molecule has 0 amide bonds. The lowest BCUT2D eigenvalue weighted by Gasteiger charge is -2.30. The summed E-state index contributed by atoms with van der Waals surface area (Å²) >= 11 is 1.33. The van der Waals surface area contributed by atoms with Crippen molar-refractivity contribution in [1.82, 2.24) is 15.5 Å². The van der Waals surface area contributed by atoms with Crippen LogP contribution in [-0.4, -0.2) is 76.6 Å². The summed E-state index contributed by atoms with van der Waals surface area (Å²) in [5.41, 5.74) is 0.709. The molecule has 31 heavy (non-hydrogen) atoms. The predicted molar refractivity (Wildman–Crippen MR) is 124 cm³/mol. The van der Waals surface area contributed by atoms with E-state index in [4.69, 9.17) is 9.47 Å². The van der Waals surface area contributed by atoms with Crippen LogP contribution in [0, 0.1) is 0 Å². The number of nitrogens with one attached hydrogen (secondary N) is 2. The minimum atomic E-state index is -0.534. The molecule has 0 aromatic heterocycles. The summed E-state index contributed by atoms with van der Waals surface area (Å²) in [4.78, 5) is 6.47. The average Bonchev–Trinajstić information content (AvgIpc) is 3.18. The minimum absolute atomic E-state index is 0.0576. The Bertz CT molecular complexity index is 794. The second-order valence-electron chi connectivity index (χ2n) is 7.71. The Kier molecular flexibility index (Phi) is 9.15. The fourth-order valence-corrected chi connectivity index (χ4v) is 4.20. The van der Waals surface area contributed by atoms with Gasteiger partial charge in [0.2, 0.25) is 11.8 Å². The van der Waals surface area contributed by atoms with Gasteiger partial charge in [0.25, 0.3) is 0 Å². The predicted octanol–water partition coefficient (Wildman–Crippen LogP) is 2.88. The molecule has 0 radical (unpaired) electrons. The quantitative estimate of drug-likeness (QED) is 0.335. The van der Waals surface area contributed by atoms with E-state index in [1.165, 1.54) is 38.1 Å². The molecule has 1 atom stereocenters. The molecule has 0 aromatic rings. The van der Waals surface area contributed by atoms with Crippen molar-refractivity contribution in [2.24, 2.45) is 4.99 Å². The Morgan fingerprint density at radius 1 is 1.29 bits per heavy atom. The summed E-state index contributed by atoms with van der Waals surface area (Å²) in [7, 11) is 2.98. The van der Waals surface area contributed by atoms with E-state index in [9.17, 15) is 15.3 Å². The Morgan fingerprint density at radius 2 is 1.97 bits per heavy atom. The molecule has 1 aliphatic heterocycles. The molecule has 10 heteroatoms. The van der Waals surface area contributed by atoms with E-state index in [0.29, 0.717) is 41.0 Å². The number of ether oxygens (including phenoxy) is 2. The molecule has 174 valence electrons. The molecular weight excluding hydrogens is 420 g/mol. The average molecular weight is 455 g/mol. The molecule has 9 nitrogen and oxygen atoms in total. The van der Waals surface area contributed by atoms with Crippen LogP contribution in [0.3, 0.4) is 0 Å². The first kappa shape index (κ1) is 25.0. The number of allylic oxidation sites excluding steroid dienone is 1. The van der Waals surface area contributed by atoms with E-state index < -0.39 is 6.10 Å². The van der Waals surface area contributed by atoms with Crippen molar-refractivity contribution in [3.63, 3.8) is 0 Å². The number of rotatable bonds is 9. The van der Waals surface area contributed by atoms with E-state index in [-0.39, 0.29) is 23.1 Å². The zero-order valence-corrected chi connectivity index (χ0v) is 19.8. The van der Waals surface area contributed by atoms with Crippen LogP contribution in [-0.2, 0) is 9.47 Å². The number of aliphatic hydroxyl groups excluding tert-OH is 3. The smallest absolute Gasteiger partial charge is 0.224 e. The van der Waals surface area contributed by atoms with Crippen molar-refractivity contribution in [3.8, 4) is 0 Å². The van der Waals surface area contributed by atoms with E-state index >= 15 is 0 Å². The maximum atomic E-state index is 10.4. The summed E-state index contributed by atoms with van der Waals surface area (Å²) in [5, 5.41) is 37.4. The highest BCUT2D eigenvalue weighted by atomic mass is 32.2. The van der Waals surface area contributed by atoms with Gasteiger partial charge >= 0.3 is 0 Å². The number of hydrogen-bond acceptors (Lipinski definition) is 9. The van der Waals surface area contributed by atoms with Gasteiger partial charge in [-0.25, -0.2) is 0 Å². The summed E-state index contributed by atoms with van der Waals surface area (Å²) in [6.07, 6.45) is 2.37. The van der Waals surface area contributed by atoms with Gasteiger partial charge in [0.05, 0.1) is 18.4 Å². The first-order valence-electron chi connectivity index (χ1n) is 10.2. The fraction of sp³-hybridized carbons (Fsp3) is 0.571. The number of thioether (sulfide) groups is 1. The lowest BCUT2D eigenvalue weighted by Crippen LogP contribution is -2.41. The van der Waals surface area contributed by atoms with E-state index in [2.05, 4.69) is 48.2 Å². The second kappa shape index (κ2) is 11.4. The van der Waals surface area contributed by atoms with Gasteiger partial charge in [-0.3, -0.25) is 4.90 Å².